The van der Waals surface area contributed by atoms with E-state index in [9.17, 15) is 0 Å². The summed E-state index contributed by atoms with van der Waals surface area (Å²) >= 11 is 0. The second-order valence-corrected chi connectivity index (χ2v) is 8.11. The largest absolute Gasteiger partial charge is 1.00 e. The van der Waals surface area contributed by atoms with Gasteiger partial charge in [0.05, 0.1) is 0 Å². The molecule has 2 nitrogen and oxygen atoms in total. The van der Waals surface area contributed by atoms with E-state index in [1.165, 1.54) is 0 Å². The van der Waals surface area contributed by atoms with Gasteiger partial charge in [-0.2, -0.15) is 14.1 Å². The molecule has 0 N–H and O–H groups in total. The summed E-state index contributed by atoms with van der Waals surface area (Å²) < 4.78 is 0. The summed E-state index contributed by atoms with van der Waals surface area (Å²) in [5, 5.41) is 0. The van der Waals surface area contributed by atoms with Crippen molar-refractivity contribution in [2.24, 2.45) is 0 Å². The molecule has 0 aromatic carbocycles. The summed E-state index contributed by atoms with van der Waals surface area (Å²) in [4.78, 5) is 8.06. The molecule has 0 radical (unpaired) electrons. The maximum Gasteiger partial charge on any atom is 1.00 e. The van der Waals surface area contributed by atoms with Crippen molar-refractivity contribution < 1.29 is 103 Å². The van der Waals surface area contributed by atoms with Gasteiger partial charge in [-0.25, -0.2) is 0 Å². The van der Waals surface area contributed by atoms with Gasteiger partial charge in [0.25, 0.3) is 0 Å². The van der Waals surface area contributed by atoms with Crippen molar-refractivity contribution in [3.63, 3.8) is 0 Å². The van der Waals surface area contributed by atoms with Crippen LogP contribution in [0.4, 0.5) is 0 Å². The number of nitrogens with zero attached hydrogens (tertiary/aromatic N) is 2. The first kappa shape index (κ1) is 24.7. The van der Waals surface area contributed by atoms with Gasteiger partial charge in [0, 0.05) is 0 Å². The Balaban J connectivity index is -0.0000000457. The van der Waals surface area contributed by atoms with E-state index in [1.54, 1.807) is 0 Å². The second-order valence-electron chi connectivity index (χ2n) is 2.70. The van der Waals surface area contributed by atoms with E-state index in [4.69, 9.17) is 0 Å². The van der Waals surface area contributed by atoms with Gasteiger partial charge in [-0.1, -0.05) is 44.1 Å². The minimum atomic E-state index is -0.525. The average Bonchev–Trinajstić information content (AvgIpc) is 1.89. The molecule has 0 unspecified atom stereocenters. The SMILES string of the molecule is C[N-][SiH](C)C.C[N-][SiH](C)C.[K+].[K+]. The van der Waals surface area contributed by atoms with Crippen molar-refractivity contribution in [3.8, 4) is 0 Å². The molecule has 6 heteroatoms. The van der Waals surface area contributed by atoms with Crippen LogP contribution in [-0.4, -0.2) is 32.0 Å². The van der Waals surface area contributed by atoms with Gasteiger partial charge in [-0.15, -0.1) is 0 Å². The van der Waals surface area contributed by atoms with Crippen LogP contribution in [0.5, 0.6) is 0 Å². The molecular formula is C6H20K2N2Si2. The molecule has 0 aliphatic heterocycles. The zero-order valence-corrected chi connectivity index (χ0v) is 18.6. The third kappa shape index (κ3) is 37.4. The molecule has 0 saturated heterocycles. The molecule has 0 bridgehead atoms. The van der Waals surface area contributed by atoms with Crippen molar-refractivity contribution in [1.29, 1.82) is 0 Å². The van der Waals surface area contributed by atoms with Crippen LogP contribution in [0.1, 0.15) is 0 Å². The average molecular weight is 255 g/mol. The molecule has 0 atom stereocenters. The van der Waals surface area contributed by atoms with Crippen LogP contribution in [0.25, 0.3) is 9.96 Å². The number of rotatable bonds is 2. The smallest absolute Gasteiger partial charge is 0.670 e. The maximum absolute atomic E-state index is 4.03. The summed E-state index contributed by atoms with van der Waals surface area (Å²) in [6.45, 7) is 8.78. The van der Waals surface area contributed by atoms with Crippen LogP contribution in [0.3, 0.4) is 0 Å². The first-order valence-electron chi connectivity index (χ1n) is 3.72. The molecule has 0 aliphatic rings. The second kappa shape index (κ2) is 20.1. The monoisotopic (exact) mass is 254 g/mol. The third-order valence-corrected chi connectivity index (χ3v) is 3.10. The van der Waals surface area contributed by atoms with E-state index in [-0.39, 0.29) is 103 Å². The maximum atomic E-state index is 4.03. The van der Waals surface area contributed by atoms with E-state index in [2.05, 4.69) is 36.2 Å². The molecule has 0 amide bonds. The first-order valence-corrected chi connectivity index (χ1v) is 9.37. The van der Waals surface area contributed by atoms with E-state index in [0.29, 0.717) is 0 Å². The third-order valence-electron chi connectivity index (χ3n) is 1.03. The van der Waals surface area contributed by atoms with Crippen LogP contribution in [0, 0.1) is 0 Å². The van der Waals surface area contributed by atoms with Gasteiger partial charge in [-0.05, 0) is 0 Å². The Morgan fingerprint density at radius 1 is 0.667 bits per heavy atom. The molecule has 0 spiro atoms. The van der Waals surface area contributed by atoms with Crippen molar-refractivity contribution in [1.82, 2.24) is 0 Å². The Kier molecular flexibility index (Phi) is 41.4. The predicted octanol–water partition coefficient (Wildman–Crippen LogP) is -4.05. The number of hydrogen-bond donors (Lipinski definition) is 0. The van der Waals surface area contributed by atoms with Gasteiger partial charge in [0.1, 0.15) is 0 Å². The fourth-order valence-electron chi connectivity index (χ4n) is 0. The fourth-order valence-corrected chi connectivity index (χ4v) is 0. The van der Waals surface area contributed by atoms with Crippen LogP contribution in [0.15, 0.2) is 0 Å². The molecule has 12 heavy (non-hydrogen) atoms. The topological polar surface area (TPSA) is 28.2 Å². The van der Waals surface area contributed by atoms with Gasteiger partial charge in [0.2, 0.25) is 0 Å². The summed E-state index contributed by atoms with van der Waals surface area (Å²) in [6.07, 6.45) is 0. The summed E-state index contributed by atoms with van der Waals surface area (Å²) in [7, 11) is 2.72. The Morgan fingerprint density at radius 2 is 0.750 bits per heavy atom. The zero-order valence-electron chi connectivity index (χ0n) is 10.0. The molecule has 0 rings (SSSR count). The molecular weight excluding hydrogens is 234 g/mol. The Morgan fingerprint density at radius 3 is 0.750 bits per heavy atom. The van der Waals surface area contributed by atoms with E-state index < -0.39 is 17.9 Å². The van der Waals surface area contributed by atoms with Crippen LogP contribution in [0.2, 0.25) is 26.2 Å². The van der Waals surface area contributed by atoms with Crippen molar-refractivity contribution in [2.75, 3.05) is 14.1 Å². The summed E-state index contributed by atoms with van der Waals surface area (Å²) in [5.74, 6) is 0. The quantitative estimate of drug-likeness (QED) is 0.449. The van der Waals surface area contributed by atoms with Gasteiger partial charge in [0.15, 0.2) is 0 Å². The summed E-state index contributed by atoms with van der Waals surface area (Å²) in [6, 6.07) is 0. The number of hydrogen-bond acceptors (Lipinski definition) is 0. The first-order chi connectivity index (χ1) is 4.54. The Hall–Kier alpha value is 3.63. The van der Waals surface area contributed by atoms with E-state index in [0.717, 1.165) is 0 Å². The Bertz CT molecular complexity index is 57.5. The fraction of sp³-hybridized carbons (Fsp3) is 1.00. The van der Waals surface area contributed by atoms with E-state index in [1.807, 2.05) is 14.1 Å². The van der Waals surface area contributed by atoms with Crippen molar-refractivity contribution in [3.05, 3.63) is 9.96 Å². The van der Waals surface area contributed by atoms with Crippen LogP contribution < -0.4 is 103 Å². The van der Waals surface area contributed by atoms with Gasteiger partial charge >= 0.3 is 103 Å². The Labute approximate surface area is 167 Å². The molecule has 0 saturated carbocycles. The van der Waals surface area contributed by atoms with E-state index >= 15 is 0 Å². The minimum absolute atomic E-state index is 0. The van der Waals surface area contributed by atoms with Crippen molar-refractivity contribution >= 4 is 17.9 Å². The van der Waals surface area contributed by atoms with Crippen molar-refractivity contribution in [2.45, 2.75) is 26.2 Å². The normalized spacial score (nSPS) is 8.00. The predicted molar refractivity (Wildman–Crippen MR) is 56.3 cm³/mol. The van der Waals surface area contributed by atoms with Gasteiger partial charge in [-0.3, -0.25) is 0 Å². The van der Waals surface area contributed by atoms with Crippen LogP contribution >= 0.6 is 0 Å². The summed E-state index contributed by atoms with van der Waals surface area (Å²) in [5.41, 5.74) is 0. The standard InChI is InChI=1S/2C3H10NSi.2K/c2*1-4-5(2)3;;/h2*5H,1-3H3;;/q2*-1;2*+1. The molecule has 0 aromatic rings. The minimum Gasteiger partial charge on any atom is -0.670 e. The molecule has 0 heterocycles. The van der Waals surface area contributed by atoms with Gasteiger partial charge < -0.3 is 9.96 Å². The molecule has 0 aliphatic carbocycles. The van der Waals surface area contributed by atoms with Crippen LogP contribution in [-0.2, 0) is 0 Å². The molecule has 0 aromatic heterocycles. The molecule has 0 fully saturated rings. The zero-order chi connectivity index (χ0) is 8.57. The molecule has 64 valence electrons.